The third-order valence-corrected chi connectivity index (χ3v) is 3.64. The predicted molar refractivity (Wildman–Crippen MR) is 68.4 cm³/mol. The molecule has 2 rings (SSSR count). The minimum atomic E-state index is -1.51. The number of piperidine rings is 1. The number of aliphatic hydroxyl groups is 1. The molecule has 1 aromatic rings. The third-order valence-electron chi connectivity index (χ3n) is 3.64. The quantitative estimate of drug-likeness (QED) is 0.840. The number of carbonyl (C=O) groups is 1. The summed E-state index contributed by atoms with van der Waals surface area (Å²) >= 11 is 0. The monoisotopic (exact) mass is 249 g/mol. The molecule has 4 nitrogen and oxygen atoms in total. The average Bonchev–Trinajstić information content (AvgIpc) is 2.39. The zero-order valence-corrected chi connectivity index (χ0v) is 10.4. The van der Waals surface area contributed by atoms with Crippen molar-refractivity contribution in [2.45, 2.75) is 24.9 Å². The van der Waals surface area contributed by atoms with Crippen LogP contribution in [-0.4, -0.2) is 46.3 Å². The summed E-state index contributed by atoms with van der Waals surface area (Å²) in [5, 5.41) is 18.7. The summed E-state index contributed by atoms with van der Waals surface area (Å²) in [7, 11) is 0. The van der Waals surface area contributed by atoms with Crippen molar-refractivity contribution in [3.8, 4) is 0 Å². The molecule has 0 aromatic heterocycles. The normalized spacial score (nSPS) is 19.6. The molecule has 0 atom stereocenters. The Bertz CT molecular complexity index is 397. The highest BCUT2D eigenvalue weighted by Gasteiger charge is 2.39. The predicted octanol–water partition coefficient (Wildman–Crippen LogP) is 1.14. The smallest absolute Gasteiger partial charge is 0.335 e. The van der Waals surface area contributed by atoms with Gasteiger partial charge in [-0.2, -0.15) is 0 Å². The van der Waals surface area contributed by atoms with Gasteiger partial charge in [0, 0.05) is 19.6 Å². The topological polar surface area (TPSA) is 60.8 Å². The third kappa shape index (κ3) is 3.09. The summed E-state index contributed by atoms with van der Waals surface area (Å²) in [6.45, 7) is 2.21. The summed E-state index contributed by atoms with van der Waals surface area (Å²) in [5.41, 5.74) is -0.222. The first kappa shape index (κ1) is 13.1. The number of hydrogen-bond acceptors (Lipinski definition) is 3. The van der Waals surface area contributed by atoms with Gasteiger partial charge in [0.15, 0.2) is 5.60 Å². The van der Waals surface area contributed by atoms with Crippen molar-refractivity contribution >= 4 is 5.97 Å². The maximum absolute atomic E-state index is 10.9. The second-order valence-electron chi connectivity index (χ2n) is 4.91. The van der Waals surface area contributed by atoms with Gasteiger partial charge >= 0.3 is 5.97 Å². The molecule has 1 aromatic carbocycles. The maximum atomic E-state index is 10.9. The lowest BCUT2D eigenvalue weighted by atomic mass is 9.91. The molecule has 98 valence electrons. The molecule has 0 amide bonds. The number of rotatable bonds is 4. The van der Waals surface area contributed by atoms with Gasteiger partial charge < -0.3 is 15.1 Å². The van der Waals surface area contributed by atoms with Crippen LogP contribution in [0.25, 0.3) is 0 Å². The standard InChI is InChI=1S/C14H19NO3/c16-13(17)14(18)7-10-15(11-8-14)9-6-12-4-2-1-3-5-12/h1-5,18H,6-11H2,(H,16,17). The molecule has 0 aliphatic carbocycles. The number of likely N-dealkylation sites (tertiary alicyclic amines) is 1. The maximum Gasteiger partial charge on any atom is 0.335 e. The minimum Gasteiger partial charge on any atom is -0.479 e. The molecular formula is C14H19NO3. The van der Waals surface area contributed by atoms with Crippen molar-refractivity contribution < 1.29 is 15.0 Å². The van der Waals surface area contributed by atoms with E-state index in [2.05, 4.69) is 17.0 Å². The van der Waals surface area contributed by atoms with Gasteiger partial charge in [-0.1, -0.05) is 30.3 Å². The zero-order valence-electron chi connectivity index (χ0n) is 10.4. The summed E-state index contributed by atoms with van der Waals surface area (Å²) in [6, 6.07) is 10.2. The van der Waals surface area contributed by atoms with Gasteiger partial charge in [-0.3, -0.25) is 0 Å². The van der Waals surface area contributed by atoms with Gasteiger partial charge in [0.25, 0.3) is 0 Å². The highest BCUT2D eigenvalue weighted by Crippen LogP contribution is 2.22. The number of carboxylic acid groups (broad SMARTS) is 1. The van der Waals surface area contributed by atoms with Crippen molar-refractivity contribution in [1.82, 2.24) is 4.90 Å². The van der Waals surface area contributed by atoms with E-state index in [0.717, 1.165) is 13.0 Å². The van der Waals surface area contributed by atoms with Gasteiger partial charge in [-0.05, 0) is 24.8 Å². The Hall–Kier alpha value is -1.39. The van der Waals surface area contributed by atoms with E-state index in [1.54, 1.807) is 0 Å². The summed E-state index contributed by atoms with van der Waals surface area (Å²) < 4.78 is 0. The number of hydrogen-bond donors (Lipinski definition) is 2. The van der Waals surface area contributed by atoms with E-state index in [9.17, 15) is 9.90 Å². The first-order valence-corrected chi connectivity index (χ1v) is 6.32. The van der Waals surface area contributed by atoms with E-state index < -0.39 is 11.6 Å². The van der Waals surface area contributed by atoms with Crippen LogP contribution in [0, 0.1) is 0 Å². The molecule has 18 heavy (non-hydrogen) atoms. The lowest BCUT2D eigenvalue weighted by Gasteiger charge is -2.35. The van der Waals surface area contributed by atoms with Crippen molar-refractivity contribution in [2.24, 2.45) is 0 Å². The van der Waals surface area contributed by atoms with Gasteiger partial charge in [0.1, 0.15) is 0 Å². The van der Waals surface area contributed by atoms with E-state index in [0.29, 0.717) is 25.9 Å². The number of nitrogens with zero attached hydrogens (tertiary/aromatic N) is 1. The Balaban J connectivity index is 1.79. The summed E-state index contributed by atoms with van der Waals surface area (Å²) in [4.78, 5) is 13.1. The molecule has 0 bridgehead atoms. The van der Waals surface area contributed by atoms with Crippen LogP contribution in [0.3, 0.4) is 0 Å². The Labute approximate surface area is 107 Å². The van der Waals surface area contributed by atoms with Gasteiger partial charge in [0.05, 0.1) is 0 Å². The zero-order chi connectivity index (χ0) is 13.0. The number of benzene rings is 1. The van der Waals surface area contributed by atoms with Crippen LogP contribution < -0.4 is 0 Å². The van der Waals surface area contributed by atoms with E-state index in [1.165, 1.54) is 5.56 Å². The van der Waals surface area contributed by atoms with Crippen molar-refractivity contribution in [3.63, 3.8) is 0 Å². The van der Waals surface area contributed by atoms with E-state index in [4.69, 9.17) is 5.11 Å². The first-order chi connectivity index (χ1) is 8.60. The SMILES string of the molecule is O=C(O)C1(O)CCN(CCc2ccccc2)CC1. The lowest BCUT2D eigenvalue weighted by Crippen LogP contribution is -2.49. The Morgan fingerprint density at radius 1 is 1.22 bits per heavy atom. The van der Waals surface area contributed by atoms with Crippen molar-refractivity contribution in [2.75, 3.05) is 19.6 Å². The van der Waals surface area contributed by atoms with Crippen LogP contribution in [0.1, 0.15) is 18.4 Å². The molecule has 1 aliphatic heterocycles. The fraction of sp³-hybridized carbons (Fsp3) is 0.500. The first-order valence-electron chi connectivity index (χ1n) is 6.32. The van der Waals surface area contributed by atoms with Crippen LogP contribution in [-0.2, 0) is 11.2 Å². The lowest BCUT2D eigenvalue weighted by molar-refractivity contribution is -0.163. The van der Waals surface area contributed by atoms with Gasteiger partial charge in [-0.25, -0.2) is 4.79 Å². The fourth-order valence-corrected chi connectivity index (χ4v) is 2.29. The van der Waals surface area contributed by atoms with Crippen LogP contribution in [0.5, 0.6) is 0 Å². The molecule has 0 radical (unpaired) electrons. The number of aliphatic carboxylic acids is 1. The molecule has 0 spiro atoms. The Morgan fingerprint density at radius 3 is 2.39 bits per heavy atom. The molecule has 1 saturated heterocycles. The minimum absolute atomic E-state index is 0.317. The largest absolute Gasteiger partial charge is 0.479 e. The molecular weight excluding hydrogens is 230 g/mol. The van der Waals surface area contributed by atoms with Gasteiger partial charge in [0.2, 0.25) is 0 Å². The Kier molecular flexibility index (Phi) is 3.99. The van der Waals surface area contributed by atoms with E-state index in [1.807, 2.05) is 18.2 Å². The highest BCUT2D eigenvalue weighted by atomic mass is 16.4. The fourth-order valence-electron chi connectivity index (χ4n) is 2.29. The average molecular weight is 249 g/mol. The van der Waals surface area contributed by atoms with Crippen LogP contribution in [0.15, 0.2) is 30.3 Å². The van der Waals surface area contributed by atoms with Crippen LogP contribution >= 0.6 is 0 Å². The molecule has 0 saturated carbocycles. The second-order valence-corrected chi connectivity index (χ2v) is 4.91. The van der Waals surface area contributed by atoms with Gasteiger partial charge in [-0.15, -0.1) is 0 Å². The molecule has 2 N–H and O–H groups in total. The van der Waals surface area contributed by atoms with Crippen LogP contribution in [0.4, 0.5) is 0 Å². The number of carboxylic acids is 1. The summed E-state index contributed by atoms with van der Waals surface area (Å²) in [5.74, 6) is -1.09. The molecule has 4 heteroatoms. The van der Waals surface area contributed by atoms with Crippen molar-refractivity contribution in [3.05, 3.63) is 35.9 Å². The molecule has 1 fully saturated rings. The van der Waals surface area contributed by atoms with E-state index >= 15 is 0 Å². The molecule has 1 heterocycles. The van der Waals surface area contributed by atoms with Crippen LogP contribution in [0.2, 0.25) is 0 Å². The Morgan fingerprint density at radius 2 is 1.83 bits per heavy atom. The summed E-state index contributed by atoms with van der Waals surface area (Å²) in [6.07, 6.45) is 1.60. The second kappa shape index (κ2) is 5.50. The van der Waals surface area contributed by atoms with E-state index in [-0.39, 0.29) is 0 Å². The highest BCUT2D eigenvalue weighted by molar-refractivity contribution is 5.77. The molecule has 0 unspecified atom stereocenters. The molecule has 1 aliphatic rings. The van der Waals surface area contributed by atoms with Crippen molar-refractivity contribution in [1.29, 1.82) is 0 Å².